The molecule has 0 radical (unpaired) electrons. The first-order valence-corrected chi connectivity index (χ1v) is 17.8. The van der Waals surface area contributed by atoms with Crippen LogP contribution in [0.5, 0.6) is 0 Å². The van der Waals surface area contributed by atoms with Gasteiger partial charge in [-0.2, -0.15) is 0 Å². The molecule has 1 heterocycles. The van der Waals surface area contributed by atoms with Crippen LogP contribution in [0.2, 0.25) is 0 Å². The van der Waals surface area contributed by atoms with Gasteiger partial charge in [0.15, 0.2) is 0 Å². The molecule has 0 N–H and O–H groups in total. The molecule has 0 aliphatic heterocycles. The number of fused-ring (bicyclic) bond motifs is 5. The molecule has 0 saturated heterocycles. The zero-order chi connectivity index (χ0) is 34.4. The third kappa shape index (κ3) is 5.21. The first-order chi connectivity index (χ1) is 25.8. The molecule has 2 nitrogen and oxygen atoms in total. The predicted molar refractivity (Wildman–Crippen MR) is 220 cm³/mol. The molecule has 0 atom stereocenters. The summed E-state index contributed by atoms with van der Waals surface area (Å²) in [4.78, 5) is 2.38. The van der Waals surface area contributed by atoms with Gasteiger partial charge >= 0.3 is 0 Å². The Morgan fingerprint density at radius 1 is 0.327 bits per heavy atom. The van der Waals surface area contributed by atoms with Crippen molar-refractivity contribution in [1.82, 2.24) is 0 Å². The molecule has 0 spiro atoms. The fraction of sp³-hybridized carbons (Fsp3) is 0. The zero-order valence-electron chi connectivity index (χ0n) is 28.4. The minimum atomic E-state index is 0.872. The van der Waals surface area contributed by atoms with Gasteiger partial charge in [0.2, 0.25) is 0 Å². The van der Waals surface area contributed by atoms with Crippen molar-refractivity contribution >= 4 is 60.5 Å². The number of furan rings is 1. The van der Waals surface area contributed by atoms with Crippen LogP contribution in [0.25, 0.3) is 76.9 Å². The molecule has 0 aliphatic carbocycles. The highest BCUT2D eigenvalue weighted by Crippen LogP contribution is 2.44. The van der Waals surface area contributed by atoms with Crippen molar-refractivity contribution in [3.8, 4) is 33.4 Å². The number of hydrogen-bond acceptors (Lipinski definition) is 2. The number of hydrogen-bond donors (Lipinski definition) is 0. The third-order valence-electron chi connectivity index (χ3n) is 10.3. The maximum absolute atomic E-state index is 6.50. The van der Waals surface area contributed by atoms with Crippen molar-refractivity contribution in [3.63, 3.8) is 0 Å². The van der Waals surface area contributed by atoms with E-state index in [1.165, 1.54) is 43.8 Å². The molecule has 52 heavy (non-hydrogen) atoms. The summed E-state index contributed by atoms with van der Waals surface area (Å²) in [5, 5.41) is 7.10. The number of rotatable bonds is 6. The van der Waals surface area contributed by atoms with Crippen molar-refractivity contribution in [1.29, 1.82) is 0 Å². The van der Waals surface area contributed by atoms with Gasteiger partial charge in [-0.15, -0.1) is 0 Å². The van der Waals surface area contributed by atoms with E-state index in [1.54, 1.807) is 0 Å². The monoisotopic (exact) mass is 663 g/mol. The van der Waals surface area contributed by atoms with Crippen LogP contribution in [0.1, 0.15) is 0 Å². The van der Waals surface area contributed by atoms with Gasteiger partial charge in [0.25, 0.3) is 0 Å². The highest BCUT2D eigenvalue weighted by molar-refractivity contribution is 6.14. The SMILES string of the molecule is c1ccc(-c2ccc(-c3cccc4oc5ccc(N(c6ccc(-c7ccc8ccccc8c7)cc6)c6cccc7ccccc67)cc5c34)cc2)cc1. The molecule has 1 aromatic heterocycles. The van der Waals surface area contributed by atoms with E-state index in [1.807, 2.05) is 0 Å². The number of nitrogens with zero attached hydrogens (tertiary/aromatic N) is 1. The summed E-state index contributed by atoms with van der Waals surface area (Å²) in [6.45, 7) is 0. The summed E-state index contributed by atoms with van der Waals surface area (Å²) in [7, 11) is 0. The molecule has 0 unspecified atom stereocenters. The van der Waals surface area contributed by atoms with Gasteiger partial charge in [0.05, 0.1) is 5.69 Å². The van der Waals surface area contributed by atoms with E-state index in [-0.39, 0.29) is 0 Å². The minimum absolute atomic E-state index is 0.872. The molecule has 0 bridgehead atoms. The maximum Gasteiger partial charge on any atom is 0.136 e. The highest BCUT2D eigenvalue weighted by Gasteiger charge is 2.19. The van der Waals surface area contributed by atoms with Crippen LogP contribution in [0.15, 0.2) is 205 Å². The molecule has 2 heteroatoms. The van der Waals surface area contributed by atoms with Crippen LogP contribution in [0.4, 0.5) is 17.1 Å². The van der Waals surface area contributed by atoms with Gasteiger partial charge in [-0.3, -0.25) is 0 Å². The Hall–Kier alpha value is -6.90. The van der Waals surface area contributed by atoms with Crippen LogP contribution in [-0.4, -0.2) is 0 Å². The Kier molecular flexibility index (Phi) is 7.18. The quantitative estimate of drug-likeness (QED) is 0.176. The van der Waals surface area contributed by atoms with E-state index >= 15 is 0 Å². The Labute approximate surface area is 302 Å². The molecule has 0 amide bonds. The smallest absolute Gasteiger partial charge is 0.136 e. The first-order valence-electron chi connectivity index (χ1n) is 17.8. The van der Waals surface area contributed by atoms with E-state index in [0.29, 0.717) is 0 Å². The topological polar surface area (TPSA) is 16.4 Å². The highest BCUT2D eigenvalue weighted by atomic mass is 16.3. The van der Waals surface area contributed by atoms with Gasteiger partial charge < -0.3 is 9.32 Å². The summed E-state index contributed by atoms with van der Waals surface area (Å²) < 4.78 is 6.50. The Bertz CT molecular complexity index is 2880. The van der Waals surface area contributed by atoms with Crippen molar-refractivity contribution in [2.24, 2.45) is 0 Å². The Morgan fingerprint density at radius 2 is 0.942 bits per heavy atom. The van der Waals surface area contributed by atoms with E-state index < -0.39 is 0 Å². The Balaban J connectivity index is 1.12. The lowest BCUT2D eigenvalue weighted by molar-refractivity contribution is 0.669. The summed E-state index contributed by atoms with van der Waals surface area (Å²) in [5.41, 5.74) is 12.2. The second-order valence-electron chi connectivity index (χ2n) is 13.3. The van der Waals surface area contributed by atoms with E-state index in [2.05, 4.69) is 205 Å². The fourth-order valence-corrected chi connectivity index (χ4v) is 7.67. The van der Waals surface area contributed by atoms with Gasteiger partial charge in [-0.05, 0) is 98.1 Å². The van der Waals surface area contributed by atoms with Gasteiger partial charge in [-0.1, -0.05) is 152 Å². The second kappa shape index (κ2) is 12.5. The summed E-state index contributed by atoms with van der Waals surface area (Å²) >= 11 is 0. The third-order valence-corrected chi connectivity index (χ3v) is 10.3. The molecular weight excluding hydrogens is 631 g/mol. The van der Waals surface area contributed by atoms with Gasteiger partial charge in [0.1, 0.15) is 11.2 Å². The van der Waals surface area contributed by atoms with Crippen LogP contribution in [-0.2, 0) is 0 Å². The summed E-state index contributed by atoms with van der Waals surface area (Å²) in [6.07, 6.45) is 0. The number of benzene rings is 9. The predicted octanol–water partition coefficient (Wildman–Crippen LogP) is 14.4. The van der Waals surface area contributed by atoms with Gasteiger partial charge in [-0.25, -0.2) is 0 Å². The number of anilines is 3. The summed E-state index contributed by atoms with van der Waals surface area (Å²) in [6, 6.07) is 71.7. The minimum Gasteiger partial charge on any atom is -0.456 e. The maximum atomic E-state index is 6.50. The average molecular weight is 664 g/mol. The lowest BCUT2D eigenvalue weighted by Crippen LogP contribution is -2.10. The fourth-order valence-electron chi connectivity index (χ4n) is 7.67. The van der Waals surface area contributed by atoms with E-state index in [0.717, 1.165) is 50.1 Å². The van der Waals surface area contributed by atoms with Crippen LogP contribution in [0, 0.1) is 0 Å². The van der Waals surface area contributed by atoms with Gasteiger partial charge in [0, 0.05) is 27.5 Å². The average Bonchev–Trinajstić information content (AvgIpc) is 3.60. The molecule has 0 saturated carbocycles. The zero-order valence-corrected chi connectivity index (χ0v) is 28.4. The largest absolute Gasteiger partial charge is 0.456 e. The van der Waals surface area contributed by atoms with E-state index in [9.17, 15) is 0 Å². The first kappa shape index (κ1) is 30.0. The normalized spacial score (nSPS) is 11.5. The lowest BCUT2D eigenvalue weighted by Gasteiger charge is -2.27. The lowest BCUT2D eigenvalue weighted by atomic mass is 9.96. The summed E-state index contributed by atoms with van der Waals surface area (Å²) in [5.74, 6) is 0. The van der Waals surface area contributed by atoms with Crippen molar-refractivity contribution in [2.75, 3.05) is 4.90 Å². The van der Waals surface area contributed by atoms with Crippen molar-refractivity contribution in [3.05, 3.63) is 200 Å². The van der Waals surface area contributed by atoms with Crippen LogP contribution in [0.3, 0.4) is 0 Å². The molecule has 10 aromatic rings. The second-order valence-corrected chi connectivity index (χ2v) is 13.3. The molecule has 0 aliphatic rings. The molecular formula is C50H33NO. The van der Waals surface area contributed by atoms with Crippen LogP contribution >= 0.6 is 0 Å². The Morgan fingerprint density at radius 3 is 1.79 bits per heavy atom. The standard InChI is InChI=1S/C50H33NO/c1-2-10-34(11-3-1)36-20-23-39(24-21-36)45-17-9-19-49-50(45)46-33-43(30-31-48(46)52-49)51(47-18-8-15-38-13-6-7-16-44(38)47)42-28-26-37(27-29-42)41-25-22-35-12-4-5-14-40(35)32-41/h1-33H. The van der Waals surface area contributed by atoms with Crippen molar-refractivity contribution in [2.45, 2.75) is 0 Å². The van der Waals surface area contributed by atoms with Crippen LogP contribution < -0.4 is 4.90 Å². The molecule has 10 rings (SSSR count). The molecule has 0 fully saturated rings. The van der Waals surface area contributed by atoms with E-state index in [4.69, 9.17) is 4.42 Å². The molecule has 9 aromatic carbocycles. The van der Waals surface area contributed by atoms with Crippen molar-refractivity contribution < 1.29 is 4.42 Å². The molecule has 244 valence electrons.